The largest absolute Gasteiger partial charge is 0.353 e. The molecule has 16 heavy (non-hydrogen) atoms. The minimum atomic E-state index is 0.983. The van der Waals surface area contributed by atoms with Crippen molar-refractivity contribution in [1.82, 2.24) is 9.97 Å². The maximum atomic E-state index is 4.36. The summed E-state index contributed by atoms with van der Waals surface area (Å²) in [6, 6.07) is 15.2. The maximum absolute atomic E-state index is 4.36. The molecular weight excluding hydrogens is 196 g/mol. The summed E-state index contributed by atoms with van der Waals surface area (Å²) in [6.07, 6.45) is 1.84. The van der Waals surface area contributed by atoms with E-state index in [0.717, 1.165) is 16.9 Å². The van der Waals surface area contributed by atoms with Crippen molar-refractivity contribution in [3.63, 3.8) is 0 Å². The zero-order valence-electron chi connectivity index (χ0n) is 8.99. The van der Waals surface area contributed by atoms with E-state index in [1.807, 2.05) is 30.5 Å². The number of H-pyrrole nitrogens is 1. The molecule has 1 aromatic carbocycles. The molecule has 0 aliphatic heterocycles. The van der Waals surface area contributed by atoms with Crippen LogP contribution in [0.25, 0.3) is 22.3 Å². The van der Waals surface area contributed by atoms with Crippen LogP contribution in [0.4, 0.5) is 0 Å². The van der Waals surface area contributed by atoms with Gasteiger partial charge in [0.1, 0.15) is 0 Å². The van der Waals surface area contributed by atoms with Crippen molar-refractivity contribution >= 4 is 10.9 Å². The highest BCUT2D eigenvalue weighted by molar-refractivity contribution is 5.84. The molecule has 0 bridgehead atoms. The average Bonchev–Trinajstić information content (AvgIpc) is 2.72. The summed E-state index contributed by atoms with van der Waals surface area (Å²) in [5.41, 5.74) is 4.38. The lowest BCUT2D eigenvalue weighted by Crippen LogP contribution is -1.83. The Morgan fingerprint density at radius 3 is 3.00 bits per heavy atom. The van der Waals surface area contributed by atoms with E-state index in [0.29, 0.717) is 0 Å². The summed E-state index contributed by atoms with van der Waals surface area (Å²) in [5, 5.41) is 1.17. The van der Waals surface area contributed by atoms with Crippen LogP contribution in [0.5, 0.6) is 0 Å². The van der Waals surface area contributed by atoms with Crippen molar-refractivity contribution in [2.24, 2.45) is 0 Å². The van der Waals surface area contributed by atoms with Gasteiger partial charge < -0.3 is 4.98 Å². The maximum Gasteiger partial charge on any atom is 0.0867 e. The summed E-state index contributed by atoms with van der Waals surface area (Å²) in [7, 11) is 0. The van der Waals surface area contributed by atoms with Crippen LogP contribution < -0.4 is 0 Å². The lowest BCUT2D eigenvalue weighted by molar-refractivity contribution is 1.26. The first-order chi connectivity index (χ1) is 7.83. The molecule has 0 atom stereocenters. The highest BCUT2D eigenvalue weighted by atomic mass is 14.8. The van der Waals surface area contributed by atoms with Crippen molar-refractivity contribution in [3.05, 3.63) is 54.2 Å². The van der Waals surface area contributed by atoms with Crippen molar-refractivity contribution in [2.45, 2.75) is 6.92 Å². The molecule has 2 aromatic heterocycles. The van der Waals surface area contributed by atoms with Crippen molar-refractivity contribution in [3.8, 4) is 11.4 Å². The summed E-state index contributed by atoms with van der Waals surface area (Å²) >= 11 is 0. The van der Waals surface area contributed by atoms with Crippen LogP contribution in [0.3, 0.4) is 0 Å². The molecule has 0 aliphatic carbocycles. The van der Waals surface area contributed by atoms with Crippen LogP contribution in [0, 0.1) is 13.0 Å². The smallest absolute Gasteiger partial charge is 0.0867 e. The van der Waals surface area contributed by atoms with Crippen LogP contribution in [-0.2, 0) is 0 Å². The summed E-state index contributed by atoms with van der Waals surface area (Å²) in [4.78, 5) is 7.72. The second kappa shape index (κ2) is 3.49. The number of hydrogen-bond acceptors (Lipinski definition) is 1. The summed E-state index contributed by atoms with van der Waals surface area (Å²) in [6.45, 7) is 2.07. The molecule has 0 unspecified atom stereocenters. The topological polar surface area (TPSA) is 28.7 Å². The molecule has 77 valence electrons. The van der Waals surface area contributed by atoms with E-state index in [1.54, 1.807) is 0 Å². The molecule has 2 nitrogen and oxygen atoms in total. The standard InChI is InChI=1S/C14H11N2/c1-10-6-7-15-13(8-10)14-9-11-4-2-3-5-12(11)16-14/h3-9,16H,1H3. The molecule has 0 aliphatic rings. The molecule has 1 radical (unpaired) electrons. The van der Waals surface area contributed by atoms with Gasteiger partial charge in [-0.15, -0.1) is 0 Å². The van der Waals surface area contributed by atoms with Crippen LogP contribution in [-0.4, -0.2) is 9.97 Å². The fourth-order valence-electron chi connectivity index (χ4n) is 1.83. The summed E-state index contributed by atoms with van der Waals surface area (Å²) in [5.74, 6) is 0. The van der Waals surface area contributed by atoms with E-state index < -0.39 is 0 Å². The van der Waals surface area contributed by atoms with Gasteiger partial charge >= 0.3 is 0 Å². The van der Waals surface area contributed by atoms with E-state index in [2.05, 4.69) is 35.1 Å². The monoisotopic (exact) mass is 207 g/mol. The Balaban J connectivity index is 2.19. The third kappa shape index (κ3) is 1.48. The van der Waals surface area contributed by atoms with Gasteiger partial charge in [-0.1, -0.05) is 6.07 Å². The zero-order valence-corrected chi connectivity index (χ0v) is 8.99. The first-order valence-corrected chi connectivity index (χ1v) is 5.25. The Morgan fingerprint density at radius 2 is 2.19 bits per heavy atom. The van der Waals surface area contributed by atoms with Crippen LogP contribution in [0.1, 0.15) is 5.56 Å². The van der Waals surface area contributed by atoms with Crippen molar-refractivity contribution in [1.29, 1.82) is 0 Å². The SMILES string of the molecule is Cc1ccnc(-c2cc3c[c]ccc3[nH]2)c1. The predicted molar refractivity (Wildman–Crippen MR) is 65.1 cm³/mol. The number of fused-ring (bicyclic) bond motifs is 1. The number of aryl methyl sites for hydroxylation is 1. The number of hydrogen-bond donors (Lipinski definition) is 1. The Morgan fingerprint density at radius 1 is 1.25 bits per heavy atom. The molecule has 2 heteroatoms. The van der Waals surface area contributed by atoms with E-state index in [-0.39, 0.29) is 0 Å². The molecule has 0 amide bonds. The van der Waals surface area contributed by atoms with E-state index >= 15 is 0 Å². The van der Waals surface area contributed by atoms with Gasteiger partial charge in [0.2, 0.25) is 0 Å². The predicted octanol–water partition coefficient (Wildman–Crippen LogP) is 3.34. The second-order valence-electron chi connectivity index (χ2n) is 3.91. The molecule has 0 fully saturated rings. The summed E-state index contributed by atoms with van der Waals surface area (Å²) < 4.78 is 0. The molecule has 0 saturated carbocycles. The second-order valence-corrected chi connectivity index (χ2v) is 3.91. The number of nitrogens with zero attached hydrogens (tertiary/aromatic N) is 1. The van der Waals surface area contributed by atoms with Gasteiger partial charge in [-0.2, -0.15) is 0 Å². The fourth-order valence-corrected chi connectivity index (χ4v) is 1.83. The Labute approximate surface area is 94.0 Å². The normalized spacial score (nSPS) is 10.8. The minimum absolute atomic E-state index is 0.983. The first-order valence-electron chi connectivity index (χ1n) is 5.25. The van der Waals surface area contributed by atoms with E-state index in [9.17, 15) is 0 Å². The number of aromatic amines is 1. The van der Waals surface area contributed by atoms with Gasteiger partial charge in [0.05, 0.1) is 11.4 Å². The minimum Gasteiger partial charge on any atom is -0.353 e. The van der Waals surface area contributed by atoms with Gasteiger partial charge in [0, 0.05) is 17.1 Å². The van der Waals surface area contributed by atoms with Gasteiger partial charge in [0.15, 0.2) is 0 Å². The molecular formula is C14H11N2. The first kappa shape index (κ1) is 9.16. The fraction of sp³-hybridized carbons (Fsp3) is 0.0714. The highest BCUT2D eigenvalue weighted by Gasteiger charge is 2.03. The molecule has 2 heterocycles. The number of pyridine rings is 1. The molecule has 1 N–H and O–H groups in total. The third-order valence-corrected chi connectivity index (χ3v) is 2.66. The van der Waals surface area contributed by atoms with Crippen molar-refractivity contribution in [2.75, 3.05) is 0 Å². The Bertz CT molecular complexity index is 605. The Kier molecular flexibility index (Phi) is 2.00. The quantitative estimate of drug-likeness (QED) is 0.651. The van der Waals surface area contributed by atoms with Crippen molar-refractivity contribution < 1.29 is 0 Å². The lowest BCUT2D eigenvalue weighted by atomic mass is 10.2. The van der Waals surface area contributed by atoms with E-state index in [1.165, 1.54) is 10.9 Å². The Hall–Kier alpha value is -2.09. The average molecular weight is 207 g/mol. The van der Waals surface area contributed by atoms with E-state index in [4.69, 9.17) is 0 Å². The van der Waals surface area contributed by atoms with Gasteiger partial charge in [-0.3, -0.25) is 4.98 Å². The van der Waals surface area contributed by atoms with Crippen LogP contribution in [0.15, 0.2) is 42.6 Å². The number of rotatable bonds is 1. The van der Waals surface area contributed by atoms with Gasteiger partial charge in [-0.05, 0) is 48.9 Å². The van der Waals surface area contributed by atoms with Crippen LogP contribution >= 0.6 is 0 Å². The lowest BCUT2D eigenvalue weighted by Gasteiger charge is -1.97. The zero-order chi connectivity index (χ0) is 11.0. The number of nitrogens with one attached hydrogen (secondary N) is 1. The highest BCUT2D eigenvalue weighted by Crippen LogP contribution is 2.22. The molecule has 3 rings (SSSR count). The molecule has 0 saturated heterocycles. The molecule has 0 spiro atoms. The molecule has 3 aromatic rings. The third-order valence-electron chi connectivity index (χ3n) is 2.66. The van der Waals surface area contributed by atoms with Crippen LogP contribution in [0.2, 0.25) is 0 Å². The van der Waals surface area contributed by atoms with Gasteiger partial charge in [0.25, 0.3) is 0 Å². The van der Waals surface area contributed by atoms with Gasteiger partial charge in [-0.25, -0.2) is 0 Å². The number of aromatic nitrogens is 2. The number of benzene rings is 1.